The topological polar surface area (TPSA) is 49.8 Å². The molecule has 2 unspecified atom stereocenters. The van der Waals surface area contributed by atoms with Crippen LogP contribution in [0.3, 0.4) is 0 Å². The van der Waals surface area contributed by atoms with Gasteiger partial charge in [-0.05, 0) is 26.8 Å². The largest absolute Gasteiger partial charge is 0.480 e. The Morgan fingerprint density at radius 1 is 1.67 bits per heavy atom. The highest BCUT2D eigenvalue weighted by atomic mass is 16.5. The van der Waals surface area contributed by atoms with Gasteiger partial charge in [-0.2, -0.15) is 0 Å². The van der Waals surface area contributed by atoms with E-state index in [9.17, 15) is 4.79 Å². The van der Waals surface area contributed by atoms with Gasteiger partial charge < -0.3 is 9.84 Å². The third-order valence-electron chi connectivity index (χ3n) is 3.30. The smallest absolute Gasteiger partial charge is 0.329 e. The summed E-state index contributed by atoms with van der Waals surface area (Å²) in [6.07, 6.45) is 3.29. The molecule has 1 aliphatic rings. The molecule has 0 aromatic heterocycles. The standard InChI is InChI=1S/C11H21NO3/c1-4-5-11(2)6-9(7-12(11)3)15-8-10(13)14/h9H,4-8H2,1-3H3,(H,13,14). The predicted octanol–water partition coefficient (Wildman–Crippen LogP) is 1.35. The summed E-state index contributed by atoms with van der Waals surface area (Å²) in [6.45, 7) is 5.05. The molecule has 88 valence electrons. The van der Waals surface area contributed by atoms with Crippen LogP contribution in [0.25, 0.3) is 0 Å². The molecule has 0 bridgehead atoms. The van der Waals surface area contributed by atoms with Crippen molar-refractivity contribution >= 4 is 5.97 Å². The molecule has 0 aromatic carbocycles. The minimum Gasteiger partial charge on any atom is -0.480 e. The molecular formula is C11H21NO3. The van der Waals surface area contributed by atoms with Crippen molar-refractivity contribution in [2.75, 3.05) is 20.2 Å². The van der Waals surface area contributed by atoms with Gasteiger partial charge in [0.05, 0.1) is 6.10 Å². The first kappa shape index (κ1) is 12.5. The maximum absolute atomic E-state index is 10.4. The van der Waals surface area contributed by atoms with E-state index in [1.54, 1.807) is 0 Å². The van der Waals surface area contributed by atoms with Crippen LogP contribution in [-0.4, -0.2) is 47.8 Å². The Kier molecular flexibility index (Phi) is 4.11. The molecule has 1 fully saturated rings. The van der Waals surface area contributed by atoms with Crippen LogP contribution in [-0.2, 0) is 9.53 Å². The molecule has 0 aromatic rings. The van der Waals surface area contributed by atoms with Crippen LogP contribution in [0.2, 0.25) is 0 Å². The first-order chi connectivity index (χ1) is 6.98. The van der Waals surface area contributed by atoms with Crippen molar-refractivity contribution in [1.29, 1.82) is 0 Å². The Hall–Kier alpha value is -0.610. The molecular weight excluding hydrogens is 194 g/mol. The van der Waals surface area contributed by atoms with E-state index in [-0.39, 0.29) is 18.2 Å². The van der Waals surface area contributed by atoms with Gasteiger partial charge in [0.2, 0.25) is 0 Å². The highest BCUT2D eigenvalue weighted by Gasteiger charge is 2.39. The molecule has 1 heterocycles. The van der Waals surface area contributed by atoms with Gasteiger partial charge in [-0.15, -0.1) is 0 Å². The number of likely N-dealkylation sites (N-methyl/N-ethyl adjacent to an activating group) is 1. The Morgan fingerprint density at radius 2 is 2.33 bits per heavy atom. The van der Waals surface area contributed by atoms with Gasteiger partial charge in [0.25, 0.3) is 0 Å². The molecule has 1 rings (SSSR count). The minimum absolute atomic E-state index is 0.0719. The zero-order valence-corrected chi connectivity index (χ0v) is 9.82. The quantitative estimate of drug-likeness (QED) is 0.752. The van der Waals surface area contributed by atoms with Gasteiger partial charge in [0.1, 0.15) is 6.61 Å². The average Bonchev–Trinajstić information content (AvgIpc) is 2.40. The summed E-state index contributed by atoms with van der Waals surface area (Å²) in [6, 6.07) is 0. The van der Waals surface area contributed by atoms with Crippen molar-refractivity contribution in [3.63, 3.8) is 0 Å². The average molecular weight is 215 g/mol. The monoisotopic (exact) mass is 215 g/mol. The molecule has 1 N–H and O–H groups in total. The summed E-state index contributed by atoms with van der Waals surface area (Å²) in [5.74, 6) is -0.887. The van der Waals surface area contributed by atoms with Crippen LogP contribution in [0.5, 0.6) is 0 Å². The van der Waals surface area contributed by atoms with Crippen LogP contribution >= 0.6 is 0 Å². The summed E-state index contributed by atoms with van der Waals surface area (Å²) in [5.41, 5.74) is 0.178. The molecule has 0 amide bonds. The second-order valence-electron chi connectivity index (χ2n) is 4.66. The lowest BCUT2D eigenvalue weighted by molar-refractivity contribution is -0.144. The Balaban J connectivity index is 2.44. The second-order valence-corrected chi connectivity index (χ2v) is 4.66. The number of likely N-dealkylation sites (tertiary alicyclic amines) is 1. The molecule has 4 nitrogen and oxygen atoms in total. The fourth-order valence-corrected chi connectivity index (χ4v) is 2.37. The van der Waals surface area contributed by atoms with Crippen LogP contribution in [0.15, 0.2) is 0 Å². The zero-order chi connectivity index (χ0) is 11.5. The van der Waals surface area contributed by atoms with Crippen molar-refractivity contribution in [2.24, 2.45) is 0 Å². The highest BCUT2D eigenvalue weighted by Crippen LogP contribution is 2.33. The molecule has 0 saturated carbocycles. The van der Waals surface area contributed by atoms with Gasteiger partial charge in [0, 0.05) is 12.1 Å². The second kappa shape index (κ2) is 4.94. The lowest BCUT2D eigenvalue weighted by Gasteiger charge is -2.31. The van der Waals surface area contributed by atoms with Crippen LogP contribution in [0.1, 0.15) is 33.1 Å². The van der Waals surface area contributed by atoms with Crippen LogP contribution in [0, 0.1) is 0 Å². The molecule has 0 radical (unpaired) electrons. The molecule has 1 saturated heterocycles. The molecule has 0 spiro atoms. The summed E-state index contributed by atoms with van der Waals surface area (Å²) in [5, 5.41) is 8.53. The molecule has 4 heteroatoms. The number of hydrogen-bond acceptors (Lipinski definition) is 3. The number of carboxylic acids is 1. The number of carboxylic acid groups (broad SMARTS) is 1. The van der Waals surface area contributed by atoms with E-state index in [2.05, 4.69) is 25.8 Å². The Labute approximate surface area is 91.2 Å². The normalized spacial score (nSPS) is 32.1. The number of aliphatic carboxylic acids is 1. The summed E-state index contributed by atoms with van der Waals surface area (Å²) in [7, 11) is 2.08. The fourth-order valence-electron chi connectivity index (χ4n) is 2.37. The number of hydrogen-bond donors (Lipinski definition) is 1. The Morgan fingerprint density at radius 3 is 2.87 bits per heavy atom. The predicted molar refractivity (Wildman–Crippen MR) is 57.9 cm³/mol. The van der Waals surface area contributed by atoms with Gasteiger partial charge in [-0.3, -0.25) is 4.90 Å². The summed E-state index contributed by atoms with van der Waals surface area (Å²) in [4.78, 5) is 12.7. The van der Waals surface area contributed by atoms with E-state index in [1.807, 2.05) is 0 Å². The Bertz CT molecular complexity index is 232. The first-order valence-electron chi connectivity index (χ1n) is 5.52. The first-order valence-corrected chi connectivity index (χ1v) is 5.52. The van der Waals surface area contributed by atoms with Crippen LogP contribution < -0.4 is 0 Å². The number of carbonyl (C=O) groups is 1. The van der Waals surface area contributed by atoms with Crippen molar-refractivity contribution in [3.8, 4) is 0 Å². The molecule has 0 aliphatic carbocycles. The van der Waals surface area contributed by atoms with E-state index < -0.39 is 5.97 Å². The van der Waals surface area contributed by atoms with Crippen molar-refractivity contribution in [3.05, 3.63) is 0 Å². The van der Waals surface area contributed by atoms with E-state index in [1.165, 1.54) is 0 Å². The van der Waals surface area contributed by atoms with Gasteiger partial charge in [-0.1, -0.05) is 13.3 Å². The third-order valence-corrected chi connectivity index (χ3v) is 3.30. The lowest BCUT2D eigenvalue weighted by atomic mass is 9.93. The molecule has 2 atom stereocenters. The highest BCUT2D eigenvalue weighted by molar-refractivity contribution is 5.68. The summed E-state index contributed by atoms with van der Waals surface area (Å²) >= 11 is 0. The zero-order valence-electron chi connectivity index (χ0n) is 9.82. The SMILES string of the molecule is CCCC1(C)CC(OCC(=O)O)CN1C. The van der Waals surface area contributed by atoms with E-state index in [0.29, 0.717) is 0 Å². The maximum atomic E-state index is 10.4. The van der Waals surface area contributed by atoms with Gasteiger partial charge in [-0.25, -0.2) is 4.79 Å². The minimum atomic E-state index is -0.887. The van der Waals surface area contributed by atoms with E-state index in [0.717, 1.165) is 25.8 Å². The summed E-state index contributed by atoms with van der Waals surface area (Å²) < 4.78 is 5.34. The van der Waals surface area contributed by atoms with E-state index >= 15 is 0 Å². The van der Waals surface area contributed by atoms with E-state index in [4.69, 9.17) is 9.84 Å². The van der Waals surface area contributed by atoms with Crippen molar-refractivity contribution in [2.45, 2.75) is 44.8 Å². The van der Waals surface area contributed by atoms with Gasteiger partial charge >= 0.3 is 5.97 Å². The van der Waals surface area contributed by atoms with Crippen molar-refractivity contribution < 1.29 is 14.6 Å². The number of ether oxygens (including phenoxy) is 1. The molecule has 15 heavy (non-hydrogen) atoms. The fraction of sp³-hybridized carbons (Fsp3) is 0.909. The van der Waals surface area contributed by atoms with Gasteiger partial charge in [0.15, 0.2) is 0 Å². The third kappa shape index (κ3) is 3.18. The van der Waals surface area contributed by atoms with Crippen molar-refractivity contribution in [1.82, 2.24) is 4.90 Å². The van der Waals surface area contributed by atoms with Crippen LogP contribution in [0.4, 0.5) is 0 Å². The molecule has 1 aliphatic heterocycles. The maximum Gasteiger partial charge on any atom is 0.329 e. The lowest BCUT2D eigenvalue weighted by Crippen LogP contribution is -2.37. The number of nitrogens with zero attached hydrogens (tertiary/aromatic N) is 1. The number of rotatable bonds is 5.